The van der Waals surface area contributed by atoms with E-state index in [4.69, 9.17) is 5.73 Å². The molecule has 2 fully saturated rings. The number of rotatable bonds is 3. The van der Waals surface area contributed by atoms with Crippen molar-refractivity contribution in [1.29, 1.82) is 0 Å². The molecule has 1 aromatic rings. The average Bonchev–Trinajstić information content (AvgIpc) is 2.62. The van der Waals surface area contributed by atoms with E-state index in [9.17, 15) is 5.11 Å². The normalized spacial score (nSPS) is 31.8. The molecule has 0 aliphatic carbocycles. The van der Waals surface area contributed by atoms with Crippen LogP contribution in [0.5, 0.6) is 0 Å². The summed E-state index contributed by atoms with van der Waals surface area (Å²) in [5.41, 5.74) is 8.25. The van der Waals surface area contributed by atoms with Gasteiger partial charge in [-0.15, -0.1) is 0 Å². The molecule has 3 N–H and O–H groups in total. The lowest BCUT2D eigenvalue weighted by atomic mass is 9.99. The molecule has 2 aliphatic heterocycles. The molecular weight excluding hydrogens is 224 g/mol. The van der Waals surface area contributed by atoms with Crippen molar-refractivity contribution in [3.8, 4) is 0 Å². The highest BCUT2D eigenvalue weighted by atomic mass is 16.3. The third kappa shape index (κ3) is 2.30. The Bertz CT molecular complexity index is 407. The molecule has 98 valence electrons. The fraction of sp³-hybridized carbons (Fsp3) is 0.600. The predicted molar refractivity (Wildman–Crippen MR) is 71.9 cm³/mol. The topological polar surface area (TPSA) is 49.5 Å². The van der Waals surface area contributed by atoms with Crippen molar-refractivity contribution in [2.45, 2.75) is 57.0 Å². The first kappa shape index (κ1) is 12.2. The Kier molecular flexibility index (Phi) is 3.37. The first-order valence-corrected chi connectivity index (χ1v) is 6.98. The average molecular weight is 246 g/mol. The fourth-order valence-electron chi connectivity index (χ4n) is 3.57. The number of aliphatic hydroxyl groups is 1. The van der Waals surface area contributed by atoms with E-state index in [1.165, 1.54) is 24.0 Å². The van der Waals surface area contributed by atoms with Gasteiger partial charge in [-0.3, -0.25) is 4.90 Å². The molecule has 0 aromatic heterocycles. The van der Waals surface area contributed by atoms with Crippen molar-refractivity contribution < 1.29 is 5.11 Å². The smallest absolute Gasteiger partial charge is 0.0570 e. The molecule has 2 saturated heterocycles. The van der Waals surface area contributed by atoms with Gasteiger partial charge in [-0.2, -0.15) is 0 Å². The van der Waals surface area contributed by atoms with Gasteiger partial charge in [0.2, 0.25) is 0 Å². The molecule has 18 heavy (non-hydrogen) atoms. The number of fused-ring (bicyclic) bond motifs is 2. The van der Waals surface area contributed by atoms with Crippen molar-refractivity contribution >= 4 is 0 Å². The quantitative estimate of drug-likeness (QED) is 0.852. The van der Waals surface area contributed by atoms with E-state index in [-0.39, 0.29) is 6.10 Å². The Morgan fingerprint density at radius 3 is 2.50 bits per heavy atom. The second-order valence-electron chi connectivity index (χ2n) is 5.71. The van der Waals surface area contributed by atoms with E-state index < -0.39 is 0 Å². The zero-order valence-corrected chi connectivity index (χ0v) is 10.8. The van der Waals surface area contributed by atoms with E-state index in [2.05, 4.69) is 29.2 Å². The number of nitrogens with two attached hydrogens (primary N) is 1. The first-order valence-electron chi connectivity index (χ1n) is 6.98. The molecule has 2 heterocycles. The monoisotopic (exact) mass is 246 g/mol. The number of aliphatic hydroxyl groups excluding tert-OH is 1. The lowest BCUT2D eigenvalue weighted by Crippen LogP contribution is -2.44. The third-order valence-electron chi connectivity index (χ3n) is 4.45. The predicted octanol–water partition coefficient (Wildman–Crippen LogP) is 1.63. The van der Waals surface area contributed by atoms with Gasteiger partial charge < -0.3 is 10.8 Å². The van der Waals surface area contributed by atoms with Crippen LogP contribution in [0.4, 0.5) is 0 Å². The van der Waals surface area contributed by atoms with Crippen molar-refractivity contribution in [2.75, 3.05) is 0 Å². The van der Waals surface area contributed by atoms with Gasteiger partial charge in [-0.1, -0.05) is 24.3 Å². The van der Waals surface area contributed by atoms with E-state index in [1.54, 1.807) is 0 Å². The Morgan fingerprint density at radius 2 is 1.83 bits per heavy atom. The largest absolute Gasteiger partial charge is 0.393 e. The van der Waals surface area contributed by atoms with Crippen LogP contribution in [-0.4, -0.2) is 28.2 Å². The molecule has 2 aliphatic rings. The minimum Gasteiger partial charge on any atom is -0.393 e. The standard InChI is InChI=1S/C15H22N2O/c16-9-11-2-1-3-12(6-11)10-17-13-4-5-14(17)8-15(18)7-13/h1-3,6,13-15,18H,4-5,7-10,16H2. The molecule has 2 bridgehead atoms. The summed E-state index contributed by atoms with van der Waals surface area (Å²) in [4.78, 5) is 2.59. The van der Waals surface area contributed by atoms with Crippen LogP contribution in [0.15, 0.2) is 24.3 Å². The lowest BCUT2D eigenvalue weighted by molar-refractivity contribution is 0.0310. The Labute approximate surface area is 109 Å². The highest BCUT2D eigenvalue weighted by molar-refractivity contribution is 5.23. The molecule has 0 saturated carbocycles. The summed E-state index contributed by atoms with van der Waals surface area (Å²) in [5.74, 6) is 0. The van der Waals surface area contributed by atoms with Crippen molar-refractivity contribution in [3.63, 3.8) is 0 Å². The SMILES string of the molecule is NCc1cccc(CN2C3CCC2CC(O)C3)c1. The number of hydrogen-bond donors (Lipinski definition) is 2. The molecule has 0 spiro atoms. The third-order valence-corrected chi connectivity index (χ3v) is 4.45. The molecular formula is C15H22N2O. The van der Waals surface area contributed by atoms with Crippen LogP contribution >= 0.6 is 0 Å². The van der Waals surface area contributed by atoms with Crippen LogP contribution in [0.3, 0.4) is 0 Å². The Morgan fingerprint density at radius 1 is 1.17 bits per heavy atom. The van der Waals surface area contributed by atoms with Gasteiger partial charge in [-0.05, 0) is 36.8 Å². The summed E-state index contributed by atoms with van der Waals surface area (Å²) < 4.78 is 0. The maximum atomic E-state index is 9.81. The summed E-state index contributed by atoms with van der Waals surface area (Å²) in [6.07, 6.45) is 4.32. The summed E-state index contributed by atoms with van der Waals surface area (Å²) in [6, 6.07) is 9.74. The molecule has 0 amide bonds. The molecule has 3 heteroatoms. The molecule has 3 nitrogen and oxygen atoms in total. The number of hydrogen-bond acceptors (Lipinski definition) is 3. The number of piperidine rings is 1. The highest BCUT2D eigenvalue weighted by Gasteiger charge is 2.39. The van der Waals surface area contributed by atoms with Gasteiger partial charge >= 0.3 is 0 Å². The van der Waals surface area contributed by atoms with Crippen LogP contribution < -0.4 is 5.73 Å². The molecule has 2 unspecified atom stereocenters. The van der Waals surface area contributed by atoms with Gasteiger partial charge in [0.25, 0.3) is 0 Å². The molecule has 0 radical (unpaired) electrons. The minimum atomic E-state index is -0.0749. The van der Waals surface area contributed by atoms with E-state index in [1.807, 2.05) is 0 Å². The van der Waals surface area contributed by atoms with Crippen LogP contribution in [0.25, 0.3) is 0 Å². The van der Waals surface area contributed by atoms with Gasteiger partial charge in [0.1, 0.15) is 0 Å². The van der Waals surface area contributed by atoms with Gasteiger partial charge in [0, 0.05) is 25.2 Å². The first-order chi connectivity index (χ1) is 8.76. The van der Waals surface area contributed by atoms with Crippen molar-refractivity contribution in [2.24, 2.45) is 5.73 Å². The van der Waals surface area contributed by atoms with E-state index >= 15 is 0 Å². The molecule has 1 aromatic carbocycles. The van der Waals surface area contributed by atoms with Crippen LogP contribution in [0, 0.1) is 0 Å². The van der Waals surface area contributed by atoms with Crippen LogP contribution in [0.2, 0.25) is 0 Å². The maximum Gasteiger partial charge on any atom is 0.0570 e. The summed E-state index contributed by atoms with van der Waals surface area (Å²) in [7, 11) is 0. The second-order valence-corrected chi connectivity index (χ2v) is 5.71. The number of nitrogens with zero attached hydrogens (tertiary/aromatic N) is 1. The van der Waals surface area contributed by atoms with E-state index in [0.717, 1.165) is 19.4 Å². The lowest BCUT2D eigenvalue weighted by Gasteiger charge is -2.37. The zero-order chi connectivity index (χ0) is 12.5. The number of benzene rings is 1. The van der Waals surface area contributed by atoms with Gasteiger partial charge in [-0.25, -0.2) is 0 Å². The second kappa shape index (κ2) is 5.00. The highest BCUT2D eigenvalue weighted by Crippen LogP contribution is 2.36. The van der Waals surface area contributed by atoms with Crippen molar-refractivity contribution in [1.82, 2.24) is 4.90 Å². The Hall–Kier alpha value is -0.900. The van der Waals surface area contributed by atoms with Gasteiger partial charge in [0.05, 0.1) is 6.10 Å². The summed E-state index contributed by atoms with van der Waals surface area (Å²) in [6.45, 7) is 1.62. The summed E-state index contributed by atoms with van der Waals surface area (Å²) >= 11 is 0. The minimum absolute atomic E-state index is 0.0749. The van der Waals surface area contributed by atoms with Crippen LogP contribution in [0.1, 0.15) is 36.8 Å². The molecule has 2 atom stereocenters. The Balaban J connectivity index is 1.73. The van der Waals surface area contributed by atoms with Crippen molar-refractivity contribution in [3.05, 3.63) is 35.4 Å². The van der Waals surface area contributed by atoms with E-state index in [0.29, 0.717) is 18.6 Å². The zero-order valence-electron chi connectivity index (χ0n) is 10.8. The summed E-state index contributed by atoms with van der Waals surface area (Å²) in [5, 5.41) is 9.81. The van der Waals surface area contributed by atoms with Gasteiger partial charge in [0.15, 0.2) is 0 Å². The maximum absolute atomic E-state index is 9.81. The fourth-order valence-corrected chi connectivity index (χ4v) is 3.57. The van der Waals surface area contributed by atoms with Crippen LogP contribution in [-0.2, 0) is 13.1 Å². The molecule has 3 rings (SSSR count).